The van der Waals surface area contributed by atoms with Gasteiger partial charge in [0, 0.05) is 19.0 Å². The van der Waals surface area contributed by atoms with Crippen molar-refractivity contribution in [3.63, 3.8) is 0 Å². The molecule has 0 bridgehead atoms. The highest BCUT2D eigenvalue weighted by atomic mass is 16.3. The zero-order valence-corrected chi connectivity index (χ0v) is 16.6. The number of hydrogen-bond donors (Lipinski definition) is 2. The van der Waals surface area contributed by atoms with Crippen molar-refractivity contribution in [2.75, 3.05) is 32.7 Å². The molecule has 2 aliphatic rings. The standard InChI is InChI=1S/C22H33N3O3/c23-21(27)16-24-12-8-19(9-13-24)22(28)25-14-10-18(11-15-25)20(26)7-6-17-4-2-1-3-5-17/h1-5,18-20,26H,6-16H2,(H2,23,27). The van der Waals surface area contributed by atoms with Crippen LogP contribution >= 0.6 is 0 Å². The summed E-state index contributed by atoms with van der Waals surface area (Å²) >= 11 is 0. The molecular weight excluding hydrogens is 354 g/mol. The number of hydrogen-bond acceptors (Lipinski definition) is 4. The van der Waals surface area contributed by atoms with Crippen molar-refractivity contribution in [1.82, 2.24) is 9.80 Å². The normalized spacial score (nSPS) is 20.8. The van der Waals surface area contributed by atoms with Crippen LogP contribution in [0.4, 0.5) is 0 Å². The van der Waals surface area contributed by atoms with E-state index >= 15 is 0 Å². The van der Waals surface area contributed by atoms with Crippen molar-refractivity contribution < 1.29 is 14.7 Å². The number of amides is 2. The van der Waals surface area contributed by atoms with Gasteiger partial charge in [0.05, 0.1) is 12.6 Å². The van der Waals surface area contributed by atoms with Crippen molar-refractivity contribution in [2.45, 2.75) is 44.6 Å². The summed E-state index contributed by atoms with van der Waals surface area (Å²) in [5, 5.41) is 10.6. The van der Waals surface area contributed by atoms with Crippen LogP contribution in [-0.2, 0) is 16.0 Å². The fourth-order valence-corrected chi connectivity index (χ4v) is 4.52. The van der Waals surface area contributed by atoms with Gasteiger partial charge >= 0.3 is 0 Å². The minimum Gasteiger partial charge on any atom is -0.393 e. The Balaban J connectivity index is 1.38. The second-order valence-electron chi connectivity index (χ2n) is 8.27. The summed E-state index contributed by atoms with van der Waals surface area (Å²) in [6.45, 7) is 3.29. The van der Waals surface area contributed by atoms with Crippen LogP contribution in [0.3, 0.4) is 0 Å². The molecule has 0 aliphatic carbocycles. The largest absolute Gasteiger partial charge is 0.393 e. The quantitative estimate of drug-likeness (QED) is 0.741. The molecule has 3 rings (SSSR count). The number of carbonyl (C=O) groups excluding carboxylic acids is 2. The molecule has 1 aromatic carbocycles. The van der Waals surface area contributed by atoms with Gasteiger partial charge in [-0.3, -0.25) is 14.5 Å². The minimum atomic E-state index is -0.308. The smallest absolute Gasteiger partial charge is 0.231 e. The number of nitrogens with zero attached hydrogens (tertiary/aromatic N) is 2. The maximum Gasteiger partial charge on any atom is 0.231 e. The van der Waals surface area contributed by atoms with Gasteiger partial charge in [-0.05, 0) is 63.1 Å². The Bertz CT molecular complexity index is 636. The molecule has 2 fully saturated rings. The highest BCUT2D eigenvalue weighted by Gasteiger charge is 2.32. The van der Waals surface area contributed by atoms with Gasteiger partial charge in [0.2, 0.25) is 11.8 Å². The molecule has 0 spiro atoms. The van der Waals surface area contributed by atoms with E-state index in [9.17, 15) is 14.7 Å². The predicted octanol–water partition coefficient (Wildman–Crippen LogP) is 1.42. The van der Waals surface area contributed by atoms with Crippen LogP contribution in [0, 0.1) is 11.8 Å². The molecule has 3 N–H and O–H groups in total. The Labute approximate surface area is 167 Å². The van der Waals surface area contributed by atoms with Gasteiger partial charge in [0.25, 0.3) is 0 Å². The molecule has 6 nitrogen and oxygen atoms in total. The molecule has 1 unspecified atom stereocenters. The van der Waals surface area contributed by atoms with Crippen LogP contribution in [0.5, 0.6) is 0 Å². The number of aryl methyl sites for hydroxylation is 1. The van der Waals surface area contributed by atoms with E-state index in [-0.39, 0.29) is 36.3 Å². The van der Waals surface area contributed by atoms with Crippen LogP contribution in [0.1, 0.15) is 37.7 Å². The van der Waals surface area contributed by atoms with E-state index in [1.165, 1.54) is 5.56 Å². The number of primary amides is 1. The first-order valence-corrected chi connectivity index (χ1v) is 10.5. The second kappa shape index (κ2) is 10.0. The number of aliphatic hydroxyl groups excluding tert-OH is 1. The molecule has 1 aromatic rings. The van der Waals surface area contributed by atoms with E-state index in [4.69, 9.17) is 5.73 Å². The first kappa shape index (κ1) is 20.8. The third-order valence-corrected chi connectivity index (χ3v) is 6.28. The fourth-order valence-electron chi connectivity index (χ4n) is 4.52. The minimum absolute atomic E-state index is 0.0590. The molecule has 0 aromatic heterocycles. The zero-order valence-electron chi connectivity index (χ0n) is 16.6. The van der Waals surface area contributed by atoms with Crippen molar-refractivity contribution in [1.29, 1.82) is 0 Å². The fraction of sp³-hybridized carbons (Fsp3) is 0.636. The SMILES string of the molecule is NC(=O)CN1CCC(C(=O)N2CCC(C(O)CCc3ccccc3)CC2)CC1. The molecular formula is C22H33N3O3. The van der Waals surface area contributed by atoms with E-state index < -0.39 is 0 Å². The average molecular weight is 388 g/mol. The second-order valence-corrected chi connectivity index (χ2v) is 8.27. The molecule has 2 aliphatic heterocycles. The number of nitrogens with two attached hydrogens (primary N) is 1. The molecule has 2 amide bonds. The first-order valence-electron chi connectivity index (χ1n) is 10.5. The monoisotopic (exact) mass is 387 g/mol. The number of aliphatic hydroxyl groups is 1. The van der Waals surface area contributed by atoms with E-state index in [1.807, 2.05) is 28.0 Å². The molecule has 28 heavy (non-hydrogen) atoms. The molecule has 154 valence electrons. The third-order valence-electron chi connectivity index (χ3n) is 6.28. The van der Waals surface area contributed by atoms with Gasteiger partial charge in [0.15, 0.2) is 0 Å². The maximum absolute atomic E-state index is 12.8. The molecule has 2 heterocycles. The summed E-state index contributed by atoms with van der Waals surface area (Å²) in [6.07, 6.45) is 4.72. The predicted molar refractivity (Wildman–Crippen MR) is 108 cm³/mol. The van der Waals surface area contributed by atoms with Crippen LogP contribution in [0.2, 0.25) is 0 Å². The van der Waals surface area contributed by atoms with E-state index in [0.29, 0.717) is 0 Å². The van der Waals surface area contributed by atoms with Gasteiger partial charge in [-0.2, -0.15) is 0 Å². The van der Waals surface area contributed by atoms with Gasteiger partial charge in [-0.15, -0.1) is 0 Å². The molecule has 1 atom stereocenters. The number of benzene rings is 1. The summed E-state index contributed by atoms with van der Waals surface area (Å²) < 4.78 is 0. The lowest BCUT2D eigenvalue weighted by Gasteiger charge is -2.38. The van der Waals surface area contributed by atoms with E-state index in [0.717, 1.165) is 64.7 Å². The van der Waals surface area contributed by atoms with Gasteiger partial charge in [-0.1, -0.05) is 30.3 Å². The third kappa shape index (κ3) is 5.79. The van der Waals surface area contributed by atoms with E-state index in [1.54, 1.807) is 0 Å². The Morgan fingerprint density at radius 3 is 2.29 bits per heavy atom. The van der Waals surface area contributed by atoms with Crippen molar-refractivity contribution in [3.8, 4) is 0 Å². The zero-order chi connectivity index (χ0) is 19.9. The highest BCUT2D eigenvalue weighted by molar-refractivity contribution is 5.79. The van der Waals surface area contributed by atoms with Gasteiger partial charge < -0.3 is 15.7 Å². The highest BCUT2D eigenvalue weighted by Crippen LogP contribution is 2.26. The topological polar surface area (TPSA) is 86.9 Å². The molecule has 0 saturated carbocycles. The first-order chi connectivity index (χ1) is 13.5. The van der Waals surface area contributed by atoms with Crippen LogP contribution < -0.4 is 5.73 Å². The van der Waals surface area contributed by atoms with Crippen molar-refractivity contribution in [3.05, 3.63) is 35.9 Å². The van der Waals surface area contributed by atoms with Crippen LogP contribution in [0.25, 0.3) is 0 Å². The summed E-state index contributed by atoms with van der Waals surface area (Å²) in [5.41, 5.74) is 6.51. The lowest BCUT2D eigenvalue weighted by atomic mass is 9.87. The van der Waals surface area contributed by atoms with Gasteiger partial charge in [0.1, 0.15) is 0 Å². The number of piperidine rings is 2. The molecule has 0 radical (unpaired) electrons. The Morgan fingerprint density at radius 1 is 1.04 bits per heavy atom. The van der Waals surface area contributed by atoms with Crippen molar-refractivity contribution in [2.24, 2.45) is 17.6 Å². The molecule has 6 heteroatoms. The van der Waals surface area contributed by atoms with Crippen LogP contribution in [-0.4, -0.2) is 65.5 Å². The summed E-state index contributed by atoms with van der Waals surface area (Å²) in [6, 6.07) is 10.3. The lowest BCUT2D eigenvalue weighted by molar-refractivity contribution is -0.139. The summed E-state index contributed by atoms with van der Waals surface area (Å²) in [7, 11) is 0. The van der Waals surface area contributed by atoms with Gasteiger partial charge in [-0.25, -0.2) is 0 Å². The van der Waals surface area contributed by atoms with E-state index in [2.05, 4.69) is 12.1 Å². The Hall–Kier alpha value is -1.92. The summed E-state index contributed by atoms with van der Waals surface area (Å²) in [5.74, 6) is 0.280. The maximum atomic E-state index is 12.8. The number of likely N-dealkylation sites (tertiary alicyclic amines) is 2. The molecule has 2 saturated heterocycles. The Morgan fingerprint density at radius 2 is 1.68 bits per heavy atom. The Kier molecular flexibility index (Phi) is 7.45. The lowest BCUT2D eigenvalue weighted by Crippen LogP contribution is -2.47. The average Bonchev–Trinajstić information content (AvgIpc) is 2.72. The van der Waals surface area contributed by atoms with Crippen molar-refractivity contribution >= 4 is 11.8 Å². The van der Waals surface area contributed by atoms with Crippen LogP contribution in [0.15, 0.2) is 30.3 Å². The number of carbonyl (C=O) groups is 2. The summed E-state index contributed by atoms with van der Waals surface area (Å²) in [4.78, 5) is 27.9. The number of rotatable bonds is 7.